The summed E-state index contributed by atoms with van der Waals surface area (Å²) in [5.74, 6) is -0.798. The Hall–Kier alpha value is -1.35. The van der Waals surface area contributed by atoms with E-state index in [2.05, 4.69) is 33.8 Å². The van der Waals surface area contributed by atoms with Gasteiger partial charge >= 0.3 is 5.97 Å². The molecule has 1 saturated heterocycles. The fraction of sp³-hybridized carbons (Fsp3) is 0.533. The van der Waals surface area contributed by atoms with Crippen molar-refractivity contribution < 1.29 is 14.6 Å². The topological polar surface area (TPSA) is 46.5 Å². The van der Waals surface area contributed by atoms with Crippen LogP contribution in [0, 0.1) is 27.7 Å². The molecule has 0 saturated carbocycles. The zero-order valence-electron chi connectivity index (χ0n) is 11.5. The highest BCUT2D eigenvalue weighted by Crippen LogP contribution is 2.44. The van der Waals surface area contributed by atoms with Crippen LogP contribution in [0.4, 0.5) is 0 Å². The molecule has 1 aromatic carbocycles. The van der Waals surface area contributed by atoms with E-state index in [0.717, 1.165) is 12.0 Å². The zero-order chi connectivity index (χ0) is 13.5. The first-order valence-electron chi connectivity index (χ1n) is 6.31. The van der Waals surface area contributed by atoms with Crippen LogP contribution in [-0.2, 0) is 15.1 Å². The van der Waals surface area contributed by atoms with Gasteiger partial charge in [0.25, 0.3) is 0 Å². The predicted octanol–water partition coefficient (Wildman–Crippen LogP) is 3.01. The number of hydrogen-bond acceptors (Lipinski definition) is 2. The molecule has 98 valence electrons. The third-order valence-corrected chi connectivity index (χ3v) is 4.14. The van der Waals surface area contributed by atoms with Crippen molar-refractivity contribution in [2.75, 3.05) is 6.61 Å². The van der Waals surface area contributed by atoms with E-state index in [4.69, 9.17) is 9.84 Å². The lowest BCUT2D eigenvalue weighted by Gasteiger charge is -2.43. The molecule has 18 heavy (non-hydrogen) atoms. The number of carboxylic acid groups (broad SMARTS) is 1. The summed E-state index contributed by atoms with van der Waals surface area (Å²) in [6.45, 7) is 8.90. The zero-order valence-corrected chi connectivity index (χ0v) is 11.5. The Kier molecular flexibility index (Phi) is 3.20. The van der Waals surface area contributed by atoms with Crippen molar-refractivity contribution in [3.8, 4) is 0 Å². The highest BCUT2D eigenvalue weighted by Gasteiger charge is 2.44. The largest absolute Gasteiger partial charge is 0.481 e. The molecule has 0 aliphatic carbocycles. The van der Waals surface area contributed by atoms with Crippen LogP contribution in [0.3, 0.4) is 0 Å². The van der Waals surface area contributed by atoms with Crippen molar-refractivity contribution in [1.29, 1.82) is 0 Å². The summed E-state index contributed by atoms with van der Waals surface area (Å²) < 4.78 is 5.71. The van der Waals surface area contributed by atoms with E-state index in [-0.39, 0.29) is 6.42 Å². The highest BCUT2D eigenvalue weighted by molar-refractivity contribution is 5.69. The molecule has 0 amide bonds. The molecular weight excluding hydrogens is 228 g/mol. The quantitative estimate of drug-likeness (QED) is 0.894. The lowest BCUT2D eigenvalue weighted by molar-refractivity contribution is -0.176. The fourth-order valence-electron chi connectivity index (χ4n) is 2.92. The van der Waals surface area contributed by atoms with Crippen molar-refractivity contribution in [3.63, 3.8) is 0 Å². The average molecular weight is 248 g/mol. The molecule has 1 fully saturated rings. The minimum absolute atomic E-state index is 0.0531. The number of benzene rings is 1. The van der Waals surface area contributed by atoms with Gasteiger partial charge in [-0.15, -0.1) is 0 Å². The molecule has 3 nitrogen and oxygen atoms in total. The van der Waals surface area contributed by atoms with Crippen LogP contribution < -0.4 is 0 Å². The van der Waals surface area contributed by atoms with Gasteiger partial charge in [-0.25, -0.2) is 0 Å². The van der Waals surface area contributed by atoms with Gasteiger partial charge in [-0.05, 0) is 55.5 Å². The van der Waals surface area contributed by atoms with Crippen LogP contribution in [0.5, 0.6) is 0 Å². The summed E-state index contributed by atoms with van der Waals surface area (Å²) in [7, 11) is 0. The summed E-state index contributed by atoms with van der Waals surface area (Å²) in [5, 5.41) is 9.12. The second-order valence-electron chi connectivity index (χ2n) is 5.30. The van der Waals surface area contributed by atoms with Crippen molar-refractivity contribution >= 4 is 5.97 Å². The summed E-state index contributed by atoms with van der Waals surface area (Å²) in [6.07, 6.45) is 0.849. The number of ether oxygens (including phenoxy) is 1. The second-order valence-corrected chi connectivity index (χ2v) is 5.30. The van der Waals surface area contributed by atoms with Gasteiger partial charge in [-0.1, -0.05) is 6.07 Å². The Morgan fingerprint density at radius 1 is 1.28 bits per heavy atom. The average Bonchev–Trinajstić information content (AvgIpc) is 2.22. The summed E-state index contributed by atoms with van der Waals surface area (Å²) in [6, 6.07) is 2.15. The van der Waals surface area contributed by atoms with Gasteiger partial charge < -0.3 is 9.84 Å². The summed E-state index contributed by atoms with van der Waals surface area (Å²) >= 11 is 0. The smallest absolute Gasteiger partial charge is 0.306 e. The molecular formula is C15H20O3. The number of aliphatic carboxylic acids is 1. The maximum absolute atomic E-state index is 11.1. The first-order chi connectivity index (χ1) is 8.37. The number of carboxylic acids is 1. The van der Waals surface area contributed by atoms with Gasteiger partial charge in [-0.3, -0.25) is 4.79 Å². The van der Waals surface area contributed by atoms with E-state index < -0.39 is 11.6 Å². The molecule has 3 heteroatoms. The van der Waals surface area contributed by atoms with Crippen LogP contribution in [0.2, 0.25) is 0 Å². The van der Waals surface area contributed by atoms with E-state index >= 15 is 0 Å². The summed E-state index contributed by atoms with van der Waals surface area (Å²) in [4.78, 5) is 11.1. The molecule has 1 aliphatic rings. The lowest BCUT2D eigenvalue weighted by atomic mass is 9.77. The van der Waals surface area contributed by atoms with E-state index in [0.29, 0.717) is 6.61 Å². The molecule has 0 bridgehead atoms. The van der Waals surface area contributed by atoms with Gasteiger partial charge in [0.05, 0.1) is 13.0 Å². The van der Waals surface area contributed by atoms with Crippen LogP contribution in [0.15, 0.2) is 6.07 Å². The van der Waals surface area contributed by atoms with Gasteiger partial charge in [0.2, 0.25) is 0 Å². The van der Waals surface area contributed by atoms with Gasteiger partial charge in [0.1, 0.15) is 5.60 Å². The van der Waals surface area contributed by atoms with E-state index in [1.807, 2.05) is 0 Å². The standard InChI is InChI=1S/C15H20O3/c1-9-7-10(2)12(4)14(11(9)3)15(5-6-18-15)8-13(16)17/h7H,5-6,8H2,1-4H3,(H,16,17). The molecule has 1 aromatic rings. The van der Waals surface area contributed by atoms with Crippen molar-refractivity contribution in [2.24, 2.45) is 0 Å². The maximum Gasteiger partial charge on any atom is 0.306 e. The monoisotopic (exact) mass is 248 g/mol. The van der Waals surface area contributed by atoms with Crippen LogP contribution in [0.25, 0.3) is 0 Å². The molecule has 1 aliphatic heterocycles. The molecule has 1 N–H and O–H groups in total. The van der Waals surface area contributed by atoms with Crippen LogP contribution in [-0.4, -0.2) is 17.7 Å². The Morgan fingerprint density at radius 2 is 1.78 bits per heavy atom. The van der Waals surface area contributed by atoms with Crippen LogP contribution >= 0.6 is 0 Å². The minimum atomic E-state index is -0.798. The third-order valence-electron chi connectivity index (χ3n) is 4.14. The minimum Gasteiger partial charge on any atom is -0.481 e. The first kappa shape index (κ1) is 13.1. The normalized spacial score (nSPS) is 22.7. The SMILES string of the molecule is Cc1cc(C)c(C)c(C2(CC(=O)O)CCO2)c1C. The molecule has 1 atom stereocenters. The highest BCUT2D eigenvalue weighted by atomic mass is 16.5. The third kappa shape index (κ3) is 1.93. The predicted molar refractivity (Wildman–Crippen MR) is 69.9 cm³/mol. The van der Waals surface area contributed by atoms with E-state index in [1.54, 1.807) is 0 Å². The summed E-state index contributed by atoms with van der Waals surface area (Å²) in [5.41, 5.74) is 5.23. The van der Waals surface area contributed by atoms with Gasteiger partial charge in [0, 0.05) is 6.42 Å². The van der Waals surface area contributed by atoms with E-state index in [9.17, 15) is 4.79 Å². The fourth-order valence-corrected chi connectivity index (χ4v) is 2.92. The number of hydrogen-bond donors (Lipinski definition) is 1. The number of aryl methyl sites for hydroxylation is 2. The molecule has 1 unspecified atom stereocenters. The van der Waals surface area contributed by atoms with E-state index in [1.165, 1.54) is 22.3 Å². The lowest BCUT2D eigenvalue weighted by Crippen LogP contribution is -2.44. The second kappa shape index (κ2) is 4.39. The maximum atomic E-state index is 11.1. The van der Waals surface area contributed by atoms with Crippen LogP contribution in [0.1, 0.15) is 40.7 Å². The van der Waals surface area contributed by atoms with Crippen molar-refractivity contribution in [1.82, 2.24) is 0 Å². The molecule has 0 spiro atoms. The molecule has 1 heterocycles. The Labute approximate surface area is 108 Å². The molecule has 0 radical (unpaired) electrons. The van der Waals surface area contributed by atoms with Gasteiger partial charge in [0.15, 0.2) is 0 Å². The first-order valence-corrected chi connectivity index (χ1v) is 6.31. The number of carbonyl (C=O) groups is 1. The van der Waals surface area contributed by atoms with Crippen molar-refractivity contribution in [3.05, 3.63) is 33.9 Å². The van der Waals surface area contributed by atoms with Crippen molar-refractivity contribution in [2.45, 2.75) is 46.1 Å². The molecule has 0 aromatic heterocycles. The Morgan fingerprint density at radius 3 is 2.11 bits per heavy atom. The Balaban J connectivity index is 2.58. The Bertz CT molecular complexity index is 473. The van der Waals surface area contributed by atoms with Gasteiger partial charge in [-0.2, -0.15) is 0 Å². The molecule has 2 rings (SSSR count). The number of rotatable bonds is 3.